The fourth-order valence-corrected chi connectivity index (χ4v) is 2.93. The predicted octanol–water partition coefficient (Wildman–Crippen LogP) is 4.42. The number of aliphatic hydroxyl groups excluding tert-OH is 2. The summed E-state index contributed by atoms with van der Waals surface area (Å²) in [6.45, 7) is 3.63. The molecule has 0 amide bonds. The number of anilines is 3. The molecular formula is C24H25NO4. The van der Waals surface area contributed by atoms with Crippen LogP contribution in [0.3, 0.4) is 0 Å². The Bertz CT molecular complexity index is 889. The van der Waals surface area contributed by atoms with Crippen molar-refractivity contribution in [3.63, 3.8) is 0 Å². The summed E-state index contributed by atoms with van der Waals surface area (Å²) in [4.78, 5) is 13.9. The Morgan fingerprint density at radius 1 is 0.828 bits per heavy atom. The largest absolute Gasteiger partial charge is 0.426 e. The van der Waals surface area contributed by atoms with Crippen LogP contribution < -0.4 is 9.64 Å². The van der Waals surface area contributed by atoms with Gasteiger partial charge in [-0.3, -0.25) is 4.79 Å². The molecule has 0 heterocycles. The van der Waals surface area contributed by atoms with Gasteiger partial charge in [0.15, 0.2) is 0 Å². The van der Waals surface area contributed by atoms with E-state index in [2.05, 4.69) is 67.3 Å². The highest BCUT2D eigenvalue weighted by Crippen LogP contribution is 2.35. The van der Waals surface area contributed by atoms with Gasteiger partial charge in [-0.25, -0.2) is 0 Å². The maximum absolute atomic E-state index is 11.8. The number of hydrogen-bond acceptors (Lipinski definition) is 5. The minimum atomic E-state index is -1.11. The summed E-state index contributed by atoms with van der Waals surface area (Å²) in [6.07, 6.45) is -1.36. The van der Waals surface area contributed by atoms with E-state index in [-0.39, 0.29) is 6.42 Å². The maximum Gasteiger partial charge on any atom is 0.313 e. The molecule has 150 valence electrons. The van der Waals surface area contributed by atoms with E-state index in [0.29, 0.717) is 5.75 Å². The van der Waals surface area contributed by atoms with Crippen molar-refractivity contribution in [2.24, 2.45) is 0 Å². The van der Waals surface area contributed by atoms with Crippen molar-refractivity contribution in [3.8, 4) is 5.75 Å². The maximum atomic E-state index is 11.8. The number of rotatable bonds is 7. The van der Waals surface area contributed by atoms with Gasteiger partial charge in [-0.15, -0.1) is 0 Å². The van der Waals surface area contributed by atoms with Gasteiger partial charge in [0.2, 0.25) is 0 Å². The van der Waals surface area contributed by atoms with E-state index in [1.807, 2.05) is 12.1 Å². The van der Waals surface area contributed by atoms with Gasteiger partial charge < -0.3 is 19.8 Å². The molecule has 0 aromatic heterocycles. The van der Waals surface area contributed by atoms with Gasteiger partial charge in [0.25, 0.3) is 0 Å². The number of ether oxygens (including phenoxy) is 1. The van der Waals surface area contributed by atoms with Crippen molar-refractivity contribution >= 4 is 23.0 Å². The van der Waals surface area contributed by atoms with Gasteiger partial charge in [-0.1, -0.05) is 35.4 Å². The molecule has 3 rings (SSSR count). The molecule has 2 N–H and O–H groups in total. The fourth-order valence-electron chi connectivity index (χ4n) is 2.93. The zero-order valence-corrected chi connectivity index (χ0v) is 16.6. The molecule has 3 aromatic carbocycles. The number of hydrogen-bond donors (Lipinski definition) is 2. The van der Waals surface area contributed by atoms with E-state index < -0.39 is 18.7 Å². The number of esters is 1. The number of aryl methyl sites for hydroxylation is 2. The van der Waals surface area contributed by atoms with Gasteiger partial charge in [-0.2, -0.15) is 0 Å². The van der Waals surface area contributed by atoms with Gasteiger partial charge in [0, 0.05) is 17.1 Å². The predicted molar refractivity (Wildman–Crippen MR) is 114 cm³/mol. The van der Waals surface area contributed by atoms with E-state index in [1.54, 1.807) is 12.1 Å². The normalized spacial score (nSPS) is 11.7. The average Bonchev–Trinajstić information content (AvgIpc) is 2.72. The molecule has 0 saturated carbocycles. The molecule has 0 spiro atoms. The number of aliphatic hydroxyl groups is 2. The lowest BCUT2D eigenvalue weighted by Crippen LogP contribution is -2.20. The second-order valence-corrected chi connectivity index (χ2v) is 7.02. The summed E-state index contributed by atoms with van der Waals surface area (Å²) in [7, 11) is 0. The molecule has 0 aliphatic rings. The molecule has 5 heteroatoms. The first kappa shape index (κ1) is 20.6. The standard InChI is InChI=1S/C24H25NO4/c1-17-3-7-19(8-4-17)25(20-9-5-18(2)6-10-20)21-11-13-23(14-12-21)29-24(28)15-22(27)16-26/h3-14,22,26-27H,15-16H2,1-2H3. The summed E-state index contributed by atoms with van der Waals surface area (Å²) < 4.78 is 5.24. The van der Waals surface area contributed by atoms with Crippen LogP contribution in [0.15, 0.2) is 72.8 Å². The molecule has 0 fully saturated rings. The lowest BCUT2D eigenvalue weighted by molar-refractivity contribution is -0.137. The van der Waals surface area contributed by atoms with E-state index in [1.165, 1.54) is 11.1 Å². The van der Waals surface area contributed by atoms with Gasteiger partial charge >= 0.3 is 5.97 Å². The fraction of sp³-hybridized carbons (Fsp3) is 0.208. The Kier molecular flexibility index (Phi) is 6.65. The Hall–Kier alpha value is -3.15. The molecule has 29 heavy (non-hydrogen) atoms. The minimum Gasteiger partial charge on any atom is -0.426 e. The molecule has 0 bridgehead atoms. The minimum absolute atomic E-state index is 0.253. The van der Waals surface area contributed by atoms with Gasteiger partial charge in [-0.05, 0) is 62.4 Å². The van der Waals surface area contributed by atoms with Crippen molar-refractivity contribution in [1.29, 1.82) is 0 Å². The third kappa shape index (κ3) is 5.44. The lowest BCUT2D eigenvalue weighted by Gasteiger charge is -2.26. The Morgan fingerprint density at radius 3 is 1.66 bits per heavy atom. The Morgan fingerprint density at radius 2 is 1.24 bits per heavy atom. The van der Waals surface area contributed by atoms with E-state index in [0.717, 1.165) is 17.1 Å². The molecule has 3 aromatic rings. The number of carbonyl (C=O) groups excluding carboxylic acids is 1. The molecule has 1 atom stereocenters. The SMILES string of the molecule is Cc1ccc(N(c2ccc(C)cc2)c2ccc(OC(=O)CC(O)CO)cc2)cc1. The molecule has 1 unspecified atom stereocenters. The van der Waals surface area contributed by atoms with Crippen molar-refractivity contribution in [3.05, 3.63) is 83.9 Å². The van der Waals surface area contributed by atoms with E-state index >= 15 is 0 Å². The van der Waals surface area contributed by atoms with Crippen LogP contribution in [0, 0.1) is 13.8 Å². The van der Waals surface area contributed by atoms with Gasteiger partial charge in [0.05, 0.1) is 19.1 Å². The molecule has 0 aliphatic heterocycles. The highest BCUT2D eigenvalue weighted by Gasteiger charge is 2.14. The van der Waals surface area contributed by atoms with Crippen LogP contribution in [0.25, 0.3) is 0 Å². The zero-order chi connectivity index (χ0) is 20.8. The molecule has 0 aliphatic carbocycles. The van der Waals surface area contributed by atoms with Crippen LogP contribution in [0.4, 0.5) is 17.1 Å². The number of benzene rings is 3. The first-order valence-corrected chi connectivity index (χ1v) is 9.49. The second kappa shape index (κ2) is 9.37. The first-order chi connectivity index (χ1) is 14.0. The highest BCUT2D eigenvalue weighted by molar-refractivity contribution is 5.77. The number of carbonyl (C=O) groups is 1. The summed E-state index contributed by atoms with van der Waals surface area (Å²) in [5.74, 6) is -0.204. The van der Waals surface area contributed by atoms with Crippen molar-refractivity contribution in [1.82, 2.24) is 0 Å². The van der Waals surface area contributed by atoms with Crippen molar-refractivity contribution in [2.45, 2.75) is 26.4 Å². The van der Waals surface area contributed by atoms with E-state index in [4.69, 9.17) is 9.84 Å². The Labute approximate surface area is 170 Å². The summed E-state index contributed by atoms with van der Waals surface area (Å²) >= 11 is 0. The second-order valence-electron chi connectivity index (χ2n) is 7.02. The third-order valence-electron chi connectivity index (χ3n) is 4.52. The quantitative estimate of drug-likeness (QED) is 0.461. The zero-order valence-electron chi connectivity index (χ0n) is 16.6. The van der Waals surface area contributed by atoms with Crippen LogP contribution >= 0.6 is 0 Å². The summed E-state index contributed by atoms with van der Waals surface area (Å²) in [5.41, 5.74) is 5.34. The third-order valence-corrected chi connectivity index (χ3v) is 4.52. The van der Waals surface area contributed by atoms with Crippen LogP contribution in [0.5, 0.6) is 5.75 Å². The molecular weight excluding hydrogens is 366 g/mol. The highest BCUT2D eigenvalue weighted by atomic mass is 16.5. The molecule has 0 radical (unpaired) electrons. The molecule has 0 saturated heterocycles. The topological polar surface area (TPSA) is 70.0 Å². The smallest absolute Gasteiger partial charge is 0.313 e. The van der Waals surface area contributed by atoms with Crippen molar-refractivity contribution in [2.75, 3.05) is 11.5 Å². The lowest BCUT2D eigenvalue weighted by atomic mass is 10.1. The monoisotopic (exact) mass is 391 g/mol. The Balaban J connectivity index is 1.87. The van der Waals surface area contributed by atoms with Crippen LogP contribution in [-0.2, 0) is 4.79 Å². The van der Waals surface area contributed by atoms with Gasteiger partial charge in [0.1, 0.15) is 5.75 Å². The van der Waals surface area contributed by atoms with Crippen molar-refractivity contribution < 1.29 is 19.7 Å². The van der Waals surface area contributed by atoms with Crippen LogP contribution in [0.1, 0.15) is 17.5 Å². The average molecular weight is 391 g/mol. The summed E-state index contributed by atoms with van der Waals surface area (Å²) in [6, 6.07) is 23.7. The van der Waals surface area contributed by atoms with E-state index in [9.17, 15) is 9.90 Å². The van der Waals surface area contributed by atoms with Crippen LogP contribution in [-0.4, -0.2) is 28.9 Å². The van der Waals surface area contributed by atoms with Crippen LogP contribution in [0.2, 0.25) is 0 Å². The first-order valence-electron chi connectivity index (χ1n) is 9.49. The number of nitrogens with zero attached hydrogens (tertiary/aromatic N) is 1. The summed E-state index contributed by atoms with van der Waals surface area (Å²) in [5, 5.41) is 18.2. The molecule has 5 nitrogen and oxygen atoms in total.